The van der Waals surface area contributed by atoms with Crippen molar-refractivity contribution in [1.29, 1.82) is 0 Å². The topological polar surface area (TPSA) is 25.2 Å². The second-order valence-corrected chi connectivity index (χ2v) is 9.93. The van der Waals surface area contributed by atoms with Crippen LogP contribution in [-0.2, 0) is 13.1 Å². The monoisotopic (exact) mass is 408 g/mol. The lowest BCUT2D eigenvalue weighted by Gasteiger charge is -2.56. The van der Waals surface area contributed by atoms with Crippen LogP contribution < -0.4 is 4.90 Å². The molecule has 7 rings (SSSR count). The Morgan fingerprint density at radius 1 is 0.968 bits per heavy atom. The highest BCUT2D eigenvalue weighted by Gasteiger charge is 2.51. The Kier molecular flexibility index (Phi) is 4.05. The smallest absolute Gasteiger partial charge is 0.258 e. The van der Waals surface area contributed by atoms with Crippen LogP contribution >= 0.6 is 0 Å². The SMILES string of the molecule is CC1(C)C2CC=C(c3ccc(C(=O)N4Cc5cccn5Cc5ccccc54)cc3)C1C2. The molecule has 0 spiro atoms. The molecule has 1 fully saturated rings. The molecule has 3 nitrogen and oxygen atoms in total. The molecule has 1 amide bonds. The number of nitrogens with zero attached hydrogens (tertiary/aromatic N) is 2. The van der Waals surface area contributed by atoms with E-state index in [2.05, 4.69) is 73.2 Å². The molecule has 0 N–H and O–H groups in total. The summed E-state index contributed by atoms with van der Waals surface area (Å²) < 4.78 is 2.23. The number of aromatic nitrogens is 1. The molecular formula is C28H28N2O. The zero-order chi connectivity index (χ0) is 21.2. The molecule has 2 unspecified atom stereocenters. The van der Waals surface area contributed by atoms with Crippen molar-refractivity contribution in [3.05, 3.63) is 95.3 Å². The second-order valence-electron chi connectivity index (χ2n) is 9.93. The first kappa shape index (κ1) is 18.7. The van der Waals surface area contributed by atoms with Crippen molar-refractivity contribution >= 4 is 17.2 Å². The molecule has 3 aliphatic carbocycles. The van der Waals surface area contributed by atoms with E-state index < -0.39 is 0 Å². The van der Waals surface area contributed by atoms with Gasteiger partial charge in [0.2, 0.25) is 0 Å². The van der Waals surface area contributed by atoms with Crippen molar-refractivity contribution in [3.8, 4) is 0 Å². The van der Waals surface area contributed by atoms with Crippen molar-refractivity contribution in [2.24, 2.45) is 17.3 Å². The van der Waals surface area contributed by atoms with Crippen molar-refractivity contribution in [2.45, 2.75) is 39.8 Å². The van der Waals surface area contributed by atoms with Gasteiger partial charge >= 0.3 is 0 Å². The van der Waals surface area contributed by atoms with Crippen LogP contribution in [0.2, 0.25) is 0 Å². The van der Waals surface area contributed by atoms with Crippen LogP contribution in [0.25, 0.3) is 5.57 Å². The maximum atomic E-state index is 13.6. The van der Waals surface area contributed by atoms with Crippen LogP contribution in [0, 0.1) is 17.3 Å². The largest absolute Gasteiger partial charge is 0.345 e. The first-order chi connectivity index (χ1) is 15.0. The van der Waals surface area contributed by atoms with E-state index in [1.165, 1.54) is 29.5 Å². The van der Waals surface area contributed by atoms with Gasteiger partial charge in [-0.05, 0) is 77.1 Å². The van der Waals surface area contributed by atoms with Crippen LogP contribution in [0.5, 0.6) is 0 Å². The van der Waals surface area contributed by atoms with E-state index in [0.29, 0.717) is 17.9 Å². The highest BCUT2D eigenvalue weighted by molar-refractivity contribution is 6.06. The third-order valence-corrected chi connectivity index (χ3v) is 8.05. The normalized spacial score (nSPS) is 23.2. The van der Waals surface area contributed by atoms with Gasteiger partial charge in [0.1, 0.15) is 0 Å². The average molecular weight is 409 g/mol. The van der Waals surface area contributed by atoms with E-state index in [1.54, 1.807) is 0 Å². The Morgan fingerprint density at radius 2 is 1.77 bits per heavy atom. The van der Waals surface area contributed by atoms with Crippen molar-refractivity contribution < 1.29 is 4.79 Å². The number of amides is 1. The molecule has 2 heterocycles. The fourth-order valence-electron chi connectivity index (χ4n) is 5.90. The fraction of sp³-hybridized carbons (Fsp3) is 0.321. The first-order valence-corrected chi connectivity index (χ1v) is 11.4. The molecule has 156 valence electrons. The molecule has 0 radical (unpaired) electrons. The van der Waals surface area contributed by atoms with E-state index in [1.807, 2.05) is 23.1 Å². The van der Waals surface area contributed by atoms with Gasteiger partial charge in [-0.25, -0.2) is 0 Å². The zero-order valence-electron chi connectivity index (χ0n) is 18.2. The molecule has 1 saturated carbocycles. The standard InChI is InChI=1S/C28H28N2O/c1-28(2)22-13-14-24(25(28)16-22)19-9-11-20(12-10-19)27(31)30-18-23-7-5-15-29(23)17-21-6-3-4-8-26(21)30/h3-12,14-15,22,25H,13,16-18H2,1-2H3. The Morgan fingerprint density at radius 3 is 2.55 bits per heavy atom. The first-order valence-electron chi connectivity index (χ1n) is 11.4. The van der Waals surface area contributed by atoms with Crippen molar-refractivity contribution in [3.63, 3.8) is 0 Å². The Balaban J connectivity index is 1.32. The molecule has 2 bridgehead atoms. The fourth-order valence-corrected chi connectivity index (χ4v) is 5.90. The summed E-state index contributed by atoms with van der Waals surface area (Å²) in [6.45, 7) is 6.20. The van der Waals surface area contributed by atoms with E-state index in [4.69, 9.17) is 0 Å². The lowest BCUT2D eigenvalue weighted by Crippen LogP contribution is -2.47. The van der Waals surface area contributed by atoms with Gasteiger partial charge in [-0.1, -0.05) is 50.3 Å². The number of para-hydroxylation sites is 1. The maximum absolute atomic E-state index is 13.6. The number of hydrogen-bond donors (Lipinski definition) is 0. The Hall–Kier alpha value is -3.07. The summed E-state index contributed by atoms with van der Waals surface area (Å²) in [4.78, 5) is 15.5. The number of fused-ring (bicyclic) bond motifs is 3. The van der Waals surface area contributed by atoms with Gasteiger partial charge in [0, 0.05) is 29.7 Å². The molecule has 31 heavy (non-hydrogen) atoms. The second kappa shape index (κ2) is 6.71. The van der Waals surface area contributed by atoms with Crippen molar-refractivity contribution in [2.75, 3.05) is 4.90 Å². The lowest BCUT2D eigenvalue weighted by atomic mass is 9.48. The maximum Gasteiger partial charge on any atom is 0.258 e. The summed E-state index contributed by atoms with van der Waals surface area (Å²) in [5.74, 6) is 1.55. The lowest BCUT2D eigenvalue weighted by molar-refractivity contribution is 0.0113. The number of benzene rings is 2. The van der Waals surface area contributed by atoms with Gasteiger partial charge in [-0.3, -0.25) is 4.79 Å². The van der Waals surface area contributed by atoms with Crippen LogP contribution in [0.1, 0.15) is 53.9 Å². The van der Waals surface area contributed by atoms with Crippen LogP contribution in [0.4, 0.5) is 5.69 Å². The summed E-state index contributed by atoms with van der Waals surface area (Å²) in [5.41, 5.74) is 7.26. The third-order valence-electron chi connectivity index (χ3n) is 8.05. The van der Waals surface area contributed by atoms with Crippen LogP contribution in [0.15, 0.2) is 72.9 Å². The molecule has 2 aromatic carbocycles. The molecule has 3 aromatic rings. The van der Waals surface area contributed by atoms with Gasteiger partial charge in [-0.2, -0.15) is 0 Å². The molecule has 0 saturated heterocycles. The molecule has 1 aliphatic heterocycles. The summed E-state index contributed by atoms with van der Waals surface area (Å²) >= 11 is 0. The van der Waals surface area contributed by atoms with Crippen molar-refractivity contribution in [1.82, 2.24) is 4.57 Å². The predicted octanol–water partition coefficient (Wildman–Crippen LogP) is 6.15. The summed E-state index contributed by atoms with van der Waals surface area (Å²) in [5, 5.41) is 0. The number of allylic oxidation sites excluding steroid dienone is 2. The minimum absolute atomic E-state index is 0.0651. The number of carbonyl (C=O) groups excluding carboxylic acids is 1. The Bertz CT molecular complexity index is 1200. The highest BCUT2D eigenvalue weighted by atomic mass is 16.2. The van der Waals surface area contributed by atoms with Gasteiger partial charge in [0.05, 0.1) is 6.54 Å². The number of hydrogen-bond acceptors (Lipinski definition) is 1. The quantitative estimate of drug-likeness (QED) is 0.499. The number of rotatable bonds is 2. The highest BCUT2D eigenvalue weighted by Crippen LogP contribution is 2.61. The zero-order valence-corrected chi connectivity index (χ0v) is 18.2. The van der Waals surface area contributed by atoms with E-state index in [0.717, 1.165) is 29.4 Å². The van der Waals surface area contributed by atoms with E-state index in [9.17, 15) is 4.79 Å². The van der Waals surface area contributed by atoms with Gasteiger partial charge in [-0.15, -0.1) is 0 Å². The predicted molar refractivity (Wildman–Crippen MR) is 125 cm³/mol. The molecular weight excluding hydrogens is 380 g/mol. The van der Waals surface area contributed by atoms with E-state index in [-0.39, 0.29) is 5.91 Å². The summed E-state index contributed by atoms with van der Waals surface area (Å²) in [6.07, 6.45) is 7.02. The van der Waals surface area contributed by atoms with Gasteiger partial charge in [0.25, 0.3) is 5.91 Å². The minimum atomic E-state index is 0.0651. The minimum Gasteiger partial charge on any atom is -0.345 e. The van der Waals surface area contributed by atoms with Crippen LogP contribution in [-0.4, -0.2) is 10.5 Å². The van der Waals surface area contributed by atoms with E-state index >= 15 is 0 Å². The molecule has 3 heteroatoms. The molecule has 2 atom stereocenters. The Labute approximate surface area is 184 Å². The summed E-state index contributed by atoms with van der Waals surface area (Å²) in [7, 11) is 0. The van der Waals surface area contributed by atoms with Gasteiger partial charge in [0.15, 0.2) is 0 Å². The van der Waals surface area contributed by atoms with Gasteiger partial charge < -0.3 is 9.47 Å². The molecule has 4 aliphatic rings. The van der Waals surface area contributed by atoms with Crippen LogP contribution in [0.3, 0.4) is 0 Å². The average Bonchev–Trinajstić information content (AvgIpc) is 3.17. The number of anilines is 1. The summed E-state index contributed by atoms with van der Waals surface area (Å²) in [6, 6.07) is 20.8. The third kappa shape index (κ3) is 2.83. The molecule has 1 aromatic heterocycles. The number of carbonyl (C=O) groups is 1.